The highest BCUT2D eigenvalue weighted by Crippen LogP contribution is 2.35. The Morgan fingerprint density at radius 2 is 1.95 bits per heavy atom. The van der Waals surface area contributed by atoms with Gasteiger partial charge in [-0.2, -0.15) is 0 Å². The molecule has 20 heavy (non-hydrogen) atoms. The topological polar surface area (TPSA) is 36.4 Å². The summed E-state index contributed by atoms with van der Waals surface area (Å²) in [5.74, 6) is 0.278. The third-order valence-corrected chi connectivity index (χ3v) is 4.15. The summed E-state index contributed by atoms with van der Waals surface area (Å²) in [4.78, 5) is 6.79. The molecule has 0 bridgehead atoms. The van der Waals surface area contributed by atoms with Crippen LogP contribution in [0.3, 0.4) is 0 Å². The summed E-state index contributed by atoms with van der Waals surface area (Å²) in [7, 11) is 4.11. The lowest BCUT2D eigenvalue weighted by Gasteiger charge is -2.08. The minimum absolute atomic E-state index is 0.278. The lowest BCUT2D eigenvalue weighted by Crippen LogP contribution is -2.10. The molecule has 0 radical (unpaired) electrons. The number of rotatable bonds is 3. The molecule has 0 atom stereocenters. The number of aromatic hydroxyl groups is 1. The van der Waals surface area contributed by atoms with Crippen LogP contribution in [0.4, 0.5) is 0 Å². The monoisotopic (exact) mass is 284 g/mol. The molecule has 3 nitrogen and oxygen atoms in total. The molecule has 0 saturated carbocycles. The van der Waals surface area contributed by atoms with Crippen molar-refractivity contribution in [3.05, 3.63) is 48.0 Å². The molecule has 0 aliphatic carbocycles. The second-order valence-electron chi connectivity index (χ2n) is 5.08. The first-order chi connectivity index (χ1) is 9.63. The van der Waals surface area contributed by atoms with Gasteiger partial charge in [-0.05, 0) is 43.9 Å². The fourth-order valence-electron chi connectivity index (χ4n) is 2.21. The second-order valence-corrected chi connectivity index (χ2v) is 6.11. The molecule has 1 aromatic heterocycles. The van der Waals surface area contributed by atoms with Gasteiger partial charge >= 0.3 is 0 Å². The van der Waals surface area contributed by atoms with E-state index in [2.05, 4.69) is 42.2 Å². The van der Waals surface area contributed by atoms with Gasteiger partial charge in [0.25, 0.3) is 0 Å². The Morgan fingerprint density at radius 1 is 1.15 bits per heavy atom. The zero-order chi connectivity index (χ0) is 14.1. The third-order valence-electron chi connectivity index (χ3n) is 3.09. The first-order valence-electron chi connectivity index (χ1n) is 6.46. The van der Waals surface area contributed by atoms with E-state index in [-0.39, 0.29) is 5.75 Å². The van der Waals surface area contributed by atoms with E-state index in [9.17, 15) is 5.11 Å². The Labute approximate surface area is 122 Å². The minimum atomic E-state index is 0.278. The molecule has 0 fully saturated rings. The van der Waals surface area contributed by atoms with E-state index < -0.39 is 0 Å². The predicted octanol–water partition coefficient (Wildman–Crippen LogP) is 3.73. The number of phenols is 1. The summed E-state index contributed by atoms with van der Waals surface area (Å²) >= 11 is 1.61. The quantitative estimate of drug-likeness (QED) is 0.796. The van der Waals surface area contributed by atoms with Crippen LogP contribution in [-0.2, 0) is 6.54 Å². The average molecular weight is 284 g/mol. The Hall–Kier alpha value is -1.91. The summed E-state index contributed by atoms with van der Waals surface area (Å²) in [6, 6.07) is 13.7. The van der Waals surface area contributed by atoms with Crippen LogP contribution >= 0.6 is 11.3 Å². The average Bonchev–Trinajstić information content (AvgIpc) is 2.81. The Bertz CT molecular complexity index is 749. The molecular formula is C16H16N2OS. The molecule has 0 aliphatic heterocycles. The number of phenolic OH excluding ortho intramolecular Hbond substituents is 1. The van der Waals surface area contributed by atoms with E-state index in [0.717, 1.165) is 27.3 Å². The van der Waals surface area contributed by atoms with Gasteiger partial charge in [0.05, 0.1) is 15.8 Å². The van der Waals surface area contributed by atoms with Crippen LogP contribution in [0.25, 0.3) is 20.8 Å². The predicted molar refractivity (Wildman–Crippen MR) is 84.1 cm³/mol. The van der Waals surface area contributed by atoms with Crippen molar-refractivity contribution in [2.24, 2.45) is 0 Å². The Balaban J connectivity index is 2.05. The van der Waals surface area contributed by atoms with Crippen molar-refractivity contribution in [3.8, 4) is 16.3 Å². The van der Waals surface area contributed by atoms with Crippen molar-refractivity contribution in [3.63, 3.8) is 0 Å². The van der Waals surface area contributed by atoms with Crippen LogP contribution in [-0.4, -0.2) is 29.1 Å². The van der Waals surface area contributed by atoms with Gasteiger partial charge in [-0.25, -0.2) is 4.98 Å². The molecule has 0 unspecified atom stereocenters. The number of hydrogen-bond acceptors (Lipinski definition) is 4. The molecule has 0 aliphatic rings. The molecule has 4 heteroatoms. The molecule has 0 amide bonds. The van der Waals surface area contributed by atoms with Crippen molar-refractivity contribution in [2.45, 2.75) is 6.54 Å². The minimum Gasteiger partial charge on any atom is -0.507 e. The molecular weight excluding hydrogens is 268 g/mol. The number of nitrogens with zero attached hydrogens (tertiary/aromatic N) is 2. The van der Waals surface area contributed by atoms with E-state index in [1.807, 2.05) is 18.2 Å². The van der Waals surface area contributed by atoms with Crippen LogP contribution in [0, 0.1) is 0 Å². The zero-order valence-electron chi connectivity index (χ0n) is 11.5. The second kappa shape index (κ2) is 5.23. The summed E-state index contributed by atoms with van der Waals surface area (Å²) in [6.45, 7) is 0.902. The van der Waals surface area contributed by atoms with Crippen molar-refractivity contribution in [2.75, 3.05) is 14.1 Å². The molecule has 102 valence electrons. The lowest BCUT2D eigenvalue weighted by atomic mass is 10.2. The molecule has 0 saturated heterocycles. The molecule has 2 aromatic carbocycles. The van der Waals surface area contributed by atoms with E-state index in [4.69, 9.17) is 0 Å². The van der Waals surface area contributed by atoms with Crippen molar-refractivity contribution in [1.82, 2.24) is 9.88 Å². The SMILES string of the molecule is CN(C)Cc1ccc2sc(-c3ccccc3O)nc2c1. The summed E-state index contributed by atoms with van der Waals surface area (Å²) in [5.41, 5.74) is 3.03. The fourth-order valence-corrected chi connectivity index (χ4v) is 3.19. The lowest BCUT2D eigenvalue weighted by molar-refractivity contribution is 0.403. The Kier molecular flexibility index (Phi) is 3.42. The first-order valence-corrected chi connectivity index (χ1v) is 7.28. The number of benzene rings is 2. The number of hydrogen-bond donors (Lipinski definition) is 1. The van der Waals surface area contributed by atoms with Crippen LogP contribution in [0.2, 0.25) is 0 Å². The number of fused-ring (bicyclic) bond motifs is 1. The smallest absolute Gasteiger partial charge is 0.128 e. The maximum absolute atomic E-state index is 9.92. The van der Waals surface area contributed by atoms with Crippen molar-refractivity contribution < 1.29 is 5.11 Å². The maximum Gasteiger partial charge on any atom is 0.128 e. The highest BCUT2D eigenvalue weighted by atomic mass is 32.1. The highest BCUT2D eigenvalue weighted by molar-refractivity contribution is 7.21. The number of aromatic nitrogens is 1. The van der Waals surface area contributed by atoms with Crippen LogP contribution in [0.5, 0.6) is 5.75 Å². The number of para-hydroxylation sites is 1. The van der Waals surface area contributed by atoms with Gasteiger partial charge in [-0.1, -0.05) is 18.2 Å². The van der Waals surface area contributed by atoms with Gasteiger partial charge in [0, 0.05) is 6.54 Å². The summed E-state index contributed by atoms with van der Waals surface area (Å²) in [6.07, 6.45) is 0. The number of thiazole rings is 1. The van der Waals surface area contributed by atoms with E-state index in [0.29, 0.717) is 0 Å². The van der Waals surface area contributed by atoms with Gasteiger partial charge in [0.2, 0.25) is 0 Å². The van der Waals surface area contributed by atoms with Gasteiger partial charge in [0.1, 0.15) is 10.8 Å². The Morgan fingerprint density at radius 3 is 2.70 bits per heavy atom. The highest BCUT2D eigenvalue weighted by Gasteiger charge is 2.10. The normalized spacial score (nSPS) is 11.3. The first kappa shape index (κ1) is 13.1. The molecule has 0 spiro atoms. The van der Waals surface area contributed by atoms with Crippen molar-refractivity contribution >= 4 is 21.6 Å². The van der Waals surface area contributed by atoms with Crippen molar-refractivity contribution in [1.29, 1.82) is 0 Å². The largest absolute Gasteiger partial charge is 0.507 e. The molecule has 1 heterocycles. The molecule has 1 N–H and O–H groups in total. The molecule has 3 aromatic rings. The van der Waals surface area contributed by atoms with Crippen LogP contribution in [0.15, 0.2) is 42.5 Å². The van der Waals surface area contributed by atoms with Gasteiger partial charge in [0.15, 0.2) is 0 Å². The maximum atomic E-state index is 9.92. The van der Waals surface area contributed by atoms with Gasteiger partial charge in [-0.15, -0.1) is 11.3 Å². The van der Waals surface area contributed by atoms with E-state index >= 15 is 0 Å². The van der Waals surface area contributed by atoms with E-state index in [1.165, 1.54) is 5.56 Å². The zero-order valence-corrected chi connectivity index (χ0v) is 12.3. The summed E-state index contributed by atoms with van der Waals surface area (Å²) < 4.78 is 1.14. The fraction of sp³-hybridized carbons (Fsp3) is 0.188. The van der Waals surface area contributed by atoms with Gasteiger partial charge in [-0.3, -0.25) is 0 Å². The summed E-state index contributed by atoms with van der Waals surface area (Å²) in [5, 5.41) is 10.8. The van der Waals surface area contributed by atoms with Crippen LogP contribution in [0.1, 0.15) is 5.56 Å². The standard InChI is InChI=1S/C16H16N2OS/c1-18(2)10-11-7-8-15-13(9-11)17-16(20-15)12-5-3-4-6-14(12)19/h3-9,19H,10H2,1-2H3. The molecule has 3 rings (SSSR count). The third kappa shape index (κ3) is 2.53. The van der Waals surface area contributed by atoms with Gasteiger partial charge < -0.3 is 10.0 Å². The van der Waals surface area contributed by atoms with Crippen LogP contribution < -0.4 is 0 Å². The van der Waals surface area contributed by atoms with E-state index in [1.54, 1.807) is 17.4 Å².